The van der Waals surface area contributed by atoms with Gasteiger partial charge in [-0.25, -0.2) is 0 Å². The Hall–Kier alpha value is -2.82. The molecule has 1 atom stereocenters. The number of nitrogens with one attached hydrogen (secondary N) is 2. The molecule has 0 radical (unpaired) electrons. The molecule has 0 spiro atoms. The maximum Gasteiger partial charge on any atom is 0.265 e. The zero-order chi connectivity index (χ0) is 16.6. The van der Waals surface area contributed by atoms with Gasteiger partial charge in [0, 0.05) is 5.69 Å². The maximum atomic E-state index is 12.6. The number of amides is 2. The molecule has 1 heterocycles. The lowest BCUT2D eigenvalue weighted by Crippen LogP contribution is -2.35. The molecule has 2 aromatic rings. The molecule has 3 rings (SSSR count). The fraction of sp³-hybridized carbons (Fsp3) is 0.222. The van der Waals surface area contributed by atoms with Crippen molar-refractivity contribution in [3.8, 4) is 5.75 Å². The second kappa shape index (κ2) is 5.76. The van der Waals surface area contributed by atoms with E-state index in [-0.39, 0.29) is 11.8 Å². The second-order valence-electron chi connectivity index (χ2n) is 5.70. The Morgan fingerprint density at radius 2 is 2.00 bits per heavy atom. The van der Waals surface area contributed by atoms with E-state index in [2.05, 4.69) is 10.6 Å². The normalized spacial score (nSPS) is 16.1. The lowest BCUT2D eigenvalue weighted by Gasteiger charge is -2.25. The van der Waals surface area contributed by atoms with Gasteiger partial charge in [-0.05, 0) is 44.5 Å². The van der Waals surface area contributed by atoms with E-state index in [1.165, 1.54) is 0 Å². The molecule has 0 saturated heterocycles. The Bertz CT molecular complexity index is 799. The van der Waals surface area contributed by atoms with Gasteiger partial charge in [0.15, 0.2) is 11.9 Å². The Labute approximate surface area is 134 Å². The topological polar surface area (TPSA) is 67.4 Å². The molecule has 5 nitrogen and oxygen atoms in total. The number of carbonyl (C=O) groups is 2. The summed E-state index contributed by atoms with van der Waals surface area (Å²) in [6.45, 7) is 5.60. The number of carbonyl (C=O) groups excluding carboxylic acids is 2. The van der Waals surface area contributed by atoms with Crippen LogP contribution in [0.2, 0.25) is 0 Å². The van der Waals surface area contributed by atoms with Crippen LogP contribution >= 0.6 is 0 Å². The number of ether oxygens (including phenoxy) is 1. The Balaban J connectivity index is 1.92. The van der Waals surface area contributed by atoms with Crippen LogP contribution in [0.4, 0.5) is 11.4 Å². The first-order chi connectivity index (χ1) is 11.0. The summed E-state index contributed by atoms with van der Waals surface area (Å²) in [5.74, 6) is -0.0801. The van der Waals surface area contributed by atoms with Crippen molar-refractivity contribution in [3.05, 3.63) is 53.1 Å². The van der Waals surface area contributed by atoms with Gasteiger partial charge in [-0.3, -0.25) is 9.59 Å². The summed E-state index contributed by atoms with van der Waals surface area (Å²) >= 11 is 0. The van der Waals surface area contributed by atoms with Gasteiger partial charge in [0.2, 0.25) is 0 Å². The molecule has 0 fully saturated rings. The van der Waals surface area contributed by atoms with Gasteiger partial charge in [0.05, 0.1) is 11.3 Å². The lowest BCUT2D eigenvalue weighted by molar-refractivity contribution is -0.122. The molecule has 0 saturated carbocycles. The number of fused-ring (bicyclic) bond motifs is 1. The van der Waals surface area contributed by atoms with E-state index in [1.807, 2.05) is 32.0 Å². The van der Waals surface area contributed by atoms with Gasteiger partial charge in [-0.2, -0.15) is 0 Å². The quantitative estimate of drug-likeness (QED) is 0.894. The summed E-state index contributed by atoms with van der Waals surface area (Å²) in [6, 6.07) is 10.9. The number of para-hydroxylation sites is 1. The molecule has 1 unspecified atom stereocenters. The predicted octanol–water partition coefficient (Wildman–Crippen LogP) is 3.28. The first-order valence-corrected chi connectivity index (χ1v) is 7.45. The first-order valence-electron chi connectivity index (χ1n) is 7.45. The number of aryl methyl sites for hydroxylation is 2. The highest BCUT2D eigenvalue weighted by molar-refractivity contribution is 6.09. The molecule has 0 bridgehead atoms. The van der Waals surface area contributed by atoms with E-state index in [0.29, 0.717) is 17.0 Å². The second-order valence-corrected chi connectivity index (χ2v) is 5.70. The minimum Gasteiger partial charge on any atom is -0.478 e. The third-order valence-corrected chi connectivity index (χ3v) is 3.81. The van der Waals surface area contributed by atoms with Crippen molar-refractivity contribution in [1.82, 2.24) is 0 Å². The van der Waals surface area contributed by atoms with Crippen LogP contribution in [-0.4, -0.2) is 17.9 Å². The van der Waals surface area contributed by atoms with Crippen LogP contribution in [0.1, 0.15) is 28.4 Å². The SMILES string of the molecule is Cc1ccc(NC(=O)c2cccc3c2OC(C)C(=O)N3)c(C)c1. The highest BCUT2D eigenvalue weighted by Crippen LogP contribution is 2.33. The molecule has 2 N–H and O–H groups in total. The molecule has 118 valence electrons. The van der Waals surface area contributed by atoms with Crippen molar-refractivity contribution in [2.45, 2.75) is 26.9 Å². The number of anilines is 2. The monoisotopic (exact) mass is 310 g/mol. The summed E-state index contributed by atoms with van der Waals surface area (Å²) in [5.41, 5.74) is 3.80. The van der Waals surface area contributed by atoms with Gasteiger partial charge in [-0.1, -0.05) is 23.8 Å². The minimum atomic E-state index is -0.627. The largest absolute Gasteiger partial charge is 0.478 e. The van der Waals surface area contributed by atoms with Gasteiger partial charge in [0.25, 0.3) is 11.8 Å². The number of hydrogen-bond acceptors (Lipinski definition) is 3. The van der Waals surface area contributed by atoms with Crippen molar-refractivity contribution < 1.29 is 14.3 Å². The average Bonchev–Trinajstić information content (AvgIpc) is 2.50. The van der Waals surface area contributed by atoms with E-state index >= 15 is 0 Å². The van der Waals surface area contributed by atoms with Crippen LogP contribution in [0.3, 0.4) is 0 Å². The van der Waals surface area contributed by atoms with E-state index in [1.54, 1.807) is 25.1 Å². The zero-order valence-corrected chi connectivity index (χ0v) is 13.3. The fourth-order valence-electron chi connectivity index (χ4n) is 2.55. The summed E-state index contributed by atoms with van der Waals surface area (Å²) in [4.78, 5) is 24.3. The average molecular weight is 310 g/mol. The van der Waals surface area contributed by atoms with Crippen LogP contribution in [-0.2, 0) is 4.79 Å². The molecular formula is C18H18N2O3. The molecule has 0 aliphatic carbocycles. The molecule has 5 heteroatoms. The van der Waals surface area contributed by atoms with Crippen LogP contribution in [0, 0.1) is 13.8 Å². The van der Waals surface area contributed by atoms with Crippen LogP contribution in [0.25, 0.3) is 0 Å². The van der Waals surface area contributed by atoms with Crippen molar-refractivity contribution >= 4 is 23.2 Å². The van der Waals surface area contributed by atoms with Crippen LogP contribution < -0.4 is 15.4 Å². The van der Waals surface area contributed by atoms with Crippen molar-refractivity contribution in [2.24, 2.45) is 0 Å². The zero-order valence-electron chi connectivity index (χ0n) is 13.3. The predicted molar refractivity (Wildman–Crippen MR) is 89.0 cm³/mol. The molecular weight excluding hydrogens is 292 g/mol. The lowest BCUT2D eigenvalue weighted by atomic mass is 10.1. The van der Waals surface area contributed by atoms with Gasteiger partial charge < -0.3 is 15.4 Å². The molecule has 1 aliphatic heterocycles. The Morgan fingerprint density at radius 1 is 1.22 bits per heavy atom. The van der Waals surface area contributed by atoms with E-state index in [9.17, 15) is 9.59 Å². The molecule has 0 aromatic heterocycles. The third-order valence-electron chi connectivity index (χ3n) is 3.81. The number of hydrogen-bond donors (Lipinski definition) is 2. The number of benzene rings is 2. The molecule has 1 aliphatic rings. The number of rotatable bonds is 2. The van der Waals surface area contributed by atoms with Gasteiger partial charge >= 0.3 is 0 Å². The first kappa shape index (κ1) is 15.1. The fourth-order valence-corrected chi connectivity index (χ4v) is 2.55. The molecule has 2 amide bonds. The molecule has 2 aromatic carbocycles. The van der Waals surface area contributed by atoms with E-state index in [4.69, 9.17) is 4.74 Å². The maximum absolute atomic E-state index is 12.6. The highest BCUT2D eigenvalue weighted by Gasteiger charge is 2.27. The van der Waals surface area contributed by atoms with Crippen LogP contribution in [0.5, 0.6) is 5.75 Å². The summed E-state index contributed by atoms with van der Waals surface area (Å²) in [7, 11) is 0. The third kappa shape index (κ3) is 2.90. The van der Waals surface area contributed by atoms with Crippen molar-refractivity contribution in [2.75, 3.05) is 10.6 Å². The van der Waals surface area contributed by atoms with Crippen molar-refractivity contribution in [3.63, 3.8) is 0 Å². The Morgan fingerprint density at radius 3 is 2.74 bits per heavy atom. The van der Waals surface area contributed by atoms with Gasteiger partial charge in [0.1, 0.15) is 0 Å². The summed E-state index contributed by atoms with van der Waals surface area (Å²) < 4.78 is 5.61. The highest BCUT2D eigenvalue weighted by atomic mass is 16.5. The van der Waals surface area contributed by atoms with Crippen LogP contribution in [0.15, 0.2) is 36.4 Å². The molecule has 23 heavy (non-hydrogen) atoms. The van der Waals surface area contributed by atoms with E-state index < -0.39 is 6.10 Å². The minimum absolute atomic E-state index is 0.218. The Kier molecular flexibility index (Phi) is 3.78. The van der Waals surface area contributed by atoms with Crippen molar-refractivity contribution in [1.29, 1.82) is 0 Å². The van der Waals surface area contributed by atoms with Gasteiger partial charge in [-0.15, -0.1) is 0 Å². The smallest absolute Gasteiger partial charge is 0.265 e. The van der Waals surface area contributed by atoms with E-state index in [0.717, 1.165) is 16.8 Å². The summed E-state index contributed by atoms with van der Waals surface area (Å²) in [6.07, 6.45) is -0.627. The summed E-state index contributed by atoms with van der Waals surface area (Å²) in [5, 5.41) is 5.64. The standard InChI is InChI=1S/C18H18N2O3/c1-10-7-8-14(11(2)9-10)19-18(22)13-5-4-6-15-16(13)23-12(3)17(21)20-15/h4-9,12H,1-3H3,(H,19,22)(H,20,21).